The summed E-state index contributed by atoms with van der Waals surface area (Å²) in [6, 6.07) is 5.18. The Morgan fingerprint density at radius 1 is 1.20 bits per heavy atom. The van der Waals surface area contributed by atoms with Gasteiger partial charge in [0.05, 0.1) is 13.2 Å². The fraction of sp³-hybridized carbons (Fsp3) is 0.417. The van der Waals surface area contributed by atoms with Gasteiger partial charge in [0, 0.05) is 5.56 Å². The third-order valence-electron chi connectivity index (χ3n) is 1.87. The lowest BCUT2D eigenvalue weighted by Crippen LogP contribution is -2.00. The van der Waals surface area contributed by atoms with Crippen LogP contribution in [0, 0.1) is 0 Å². The first-order chi connectivity index (χ1) is 7.31. The Hall–Kier alpha value is -1.51. The maximum atomic E-state index is 10.6. The molecule has 0 fully saturated rings. The molecule has 1 aromatic rings. The number of hydrogen-bond acceptors (Lipinski definition) is 3. The van der Waals surface area contributed by atoms with E-state index in [2.05, 4.69) is 0 Å². The van der Waals surface area contributed by atoms with Crippen molar-refractivity contribution in [1.82, 2.24) is 0 Å². The predicted molar refractivity (Wildman–Crippen MR) is 58.8 cm³/mol. The lowest BCUT2D eigenvalue weighted by atomic mass is 10.2. The van der Waals surface area contributed by atoms with Crippen molar-refractivity contribution in [1.29, 1.82) is 0 Å². The molecule has 0 bridgehead atoms. The zero-order valence-electron chi connectivity index (χ0n) is 9.16. The van der Waals surface area contributed by atoms with Crippen LogP contribution in [-0.2, 0) is 0 Å². The number of carbonyl (C=O) groups is 1. The van der Waals surface area contributed by atoms with Crippen LogP contribution in [0.25, 0.3) is 0 Å². The Bertz CT molecular complexity index is 321. The fourth-order valence-corrected chi connectivity index (χ4v) is 1.20. The second-order valence-corrected chi connectivity index (χ2v) is 3.11. The molecule has 0 spiro atoms. The second-order valence-electron chi connectivity index (χ2n) is 3.11. The van der Waals surface area contributed by atoms with Crippen LogP contribution in [0.2, 0.25) is 0 Å². The predicted octanol–water partition coefficient (Wildman–Crippen LogP) is 2.69. The molecule has 15 heavy (non-hydrogen) atoms. The molecule has 0 unspecified atom stereocenters. The molecule has 3 heteroatoms. The molecule has 0 saturated carbocycles. The van der Waals surface area contributed by atoms with E-state index in [1.165, 1.54) is 0 Å². The lowest BCUT2D eigenvalue weighted by Gasteiger charge is -2.11. The highest BCUT2D eigenvalue weighted by Crippen LogP contribution is 2.28. The Morgan fingerprint density at radius 3 is 2.60 bits per heavy atom. The topological polar surface area (TPSA) is 35.5 Å². The van der Waals surface area contributed by atoms with E-state index in [-0.39, 0.29) is 0 Å². The Balaban J connectivity index is 2.88. The summed E-state index contributed by atoms with van der Waals surface area (Å²) in [4.78, 5) is 10.6. The average Bonchev–Trinajstić information content (AvgIpc) is 2.28. The van der Waals surface area contributed by atoms with Gasteiger partial charge in [-0.15, -0.1) is 0 Å². The molecule has 3 nitrogen and oxygen atoms in total. The lowest BCUT2D eigenvalue weighted by molar-refractivity contribution is 0.112. The molecule has 0 aliphatic carbocycles. The number of hydrogen-bond donors (Lipinski definition) is 0. The first-order valence-electron chi connectivity index (χ1n) is 5.16. The highest BCUT2D eigenvalue weighted by Gasteiger charge is 2.05. The molecule has 1 aromatic carbocycles. The van der Waals surface area contributed by atoms with Gasteiger partial charge in [-0.05, 0) is 31.5 Å². The molecule has 0 saturated heterocycles. The molecule has 0 aliphatic heterocycles. The van der Waals surface area contributed by atoms with Crippen molar-refractivity contribution in [3.63, 3.8) is 0 Å². The van der Waals surface area contributed by atoms with E-state index in [1.807, 2.05) is 13.8 Å². The van der Waals surface area contributed by atoms with Crippen LogP contribution in [0.1, 0.15) is 30.6 Å². The Kier molecular flexibility index (Phi) is 4.68. The molecule has 0 radical (unpaired) electrons. The van der Waals surface area contributed by atoms with Crippen molar-refractivity contribution < 1.29 is 14.3 Å². The van der Waals surface area contributed by atoms with Gasteiger partial charge < -0.3 is 9.47 Å². The van der Waals surface area contributed by atoms with Crippen LogP contribution in [0.4, 0.5) is 0 Å². The van der Waals surface area contributed by atoms with E-state index in [0.717, 1.165) is 12.7 Å². The van der Waals surface area contributed by atoms with Gasteiger partial charge >= 0.3 is 0 Å². The van der Waals surface area contributed by atoms with Gasteiger partial charge in [-0.2, -0.15) is 0 Å². The van der Waals surface area contributed by atoms with E-state index < -0.39 is 0 Å². The number of carbonyl (C=O) groups excluding carboxylic acids is 1. The van der Waals surface area contributed by atoms with Crippen LogP contribution in [-0.4, -0.2) is 19.5 Å². The van der Waals surface area contributed by atoms with Crippen molar-refractivity contribution >= 4 is 6.29 Å². The van der Waals surface area contributed by atoms with Crippen LogP contribution >= 0.6 is 0 Å². The fourth-order valence-electron chi connectivity index (χ4n) is 1.20. The number of rotatable bonds is 6. The maximum Gasteiger partial charge on any atom is 0.161 e. The summed E-state index contributed by atoms with van der Waals surface area (Å²) in [6.45, 7) is 5.16. The van der Waals surface area contributed by atoms with Crippen LogP contribution in [0.15, 0.2) is 18.2 Å². The molecule has 0 aliphatic rings. The van der Waals surface area contributed by atoms with Crippen LogP contribution in [0.3, 0.4) is 0 Å². The van der Waals surface area contributed by atoms with Crippen molar-refractivity contribution in [3.8, 4) is 11.5 Å². The summed E-state index contributed by atoms with van der Waals surface area (Å²) < 4.78 is 10.9. The number of ether oxygens (including phenoxy) is 2. The van der Waals surface area contributed by atoms with E-state index in [1.54, 1.807) is 18.2 Å². The van der Waals surface area contributed by atoms with E-state index in [0.29, 0.717) is 30.3 Å². The molecule has 0 atom stereocenters. The third-order valence-corrected chi connectivity index (χ3v) is 1.87. The van der Waals surface area contributed by atoms with Gasteiger partial charge in [-0.25, -0.2) is 0 Å². The summed E-state index contributed by atoms with van der Waals surface area (Å²) in [5.41, 5.74) is 0.601. The van der Waals surface area contributed by atoms with E-state index in [9.17, 15) is 4.79 Å². The number of benzene rings is 1. The molecule has 1 rings (SSSR count). The third kappa shape index (κ3) is 3.27. The quantitative estimate of drug-likeness (QED) is 0.674. The molecule has 82 valence electrons. The van der Waals surface area contributed by atoms with Gasteiger partial charge in [0.2, 0.25) is 0 Å². The summed E-state index contributed by atoms with van der Waals surface area (Å²) in [6.07, 6.45) is 1.73. The summed E-state index contributed by atoms with van der Waals surface area (Å²) in [5.74, 6) is 1.33. The average molecular weight is 208 g/mol. The van der Waals surface area contributed by atoms with Crippen molar-refractivity contribution in [2.45, 2.75) is 20.3 Å². The van der Waals surface area contributed by atoms with Gasteiger partial charge in [0.1, 0.15) is 6.29 Å². The highest BCUT2D eigenvalue weighted by atomic mass is 16.5. The van der Waals surface area contributed by atoms with E-state index >= 15 is 0 Å². The maximum absolute atomic E-state index is 10.6. The van der Waals surface area contributed by atoms with Gasteiger partial charge in [-0.1, -0.05) is 6.92 Å². The van der Waals surface area contributed by atoms with E-state index in [4.69, 9.17) is 9.47 Å². The molecule has 0 amide bonds. The molecule has 0 aromatic heterocycles. The smallest absolute Gasteiger partial charge is 0.161 e. The molecule has 0 N–H and O–H groups in total. The summed E-state index contributed by atoms with van der Waals surface area (Å²) in [5, 5.41) is 0. The molecule has 0 heterocycles. The van der Waals surface area contributed by atoms with Crippen molar-refractivity contribution in [2.24, 2.45) is 0 Å². The van der Waals surface area contributed by atoms with Crippen molar-refractivity contribution in [2.75, 3.05) is 13.2 Å². The minimum atomic E-state index is 0.586. The first kappa shape index (κ1) is 11.6. The molecular formula is C12H16O3. The largest absolute Gasteiger partial charge is 0.490 e. The normalized spacial score (nSPS) is 9.73. The summed E-state index contributed by atoms with van der Waals surface area (Å²) >= 11 is 0. The summed E-state index contributed by atoms with van der Waals surface area (Å²) in [7, 11) is 0. The minimum Gasteiger partial charge on any atom is -0.490 e. The number of aldehydes is 1. The standard InChI is InChI=1S/C12H16O3/c1-3-7-15-12-8-10(9-13)5-6-11(12)14-4-2/h5-6,8-9H,3-4,7H2,1-2H3. The first-order valence-corrected chi connectivity index (χ1v) is 5.16. The Labute approximate surface area is 90.0 Å². The zero-order valence-corrected chi connectivity index (χ0v) is 9.16. The van der Waals surface area contributed by atoms with Crippen LogP contribution in [0.5, 0.6) is 11.5 Å². The van der Waals surface area contributed by atoms with Crippen LogP contribution < -0.4 is 9.47 Å². The Morgan fingerprint density at radius 2 is 2.00 bits per heavy atom. The van der Waals surface area contributed by atoms with Gasteiger partial charge in [0.25, 0.3) is 0 Å². The monoisotopic (exact) mass is 208 g/mol. The zero-order chi connectivity index (χ0) is 11.1. The van der Waals surface area contributed by atoms with Gasteiger partial charge in [-0.3, -0.25) is 4.79 Å². The SMILES string of the molecule is CCCOc1cc(C=O)ccc1OCC. The highest BCUT2D eigenvalue weighted by molar-refractivity contribution is 5.76. The van der Waals surface area contributed by atoms with Gasteiger partial charge in [0.15, 0.2) is 11.5 Å². The molecular weight excluding hydrogens is 192 g/mol. The minimum absolute atomic E-state index is 0.586. The van der Waals surface area contributed by atoms with Crippen molar-refractivity contribution in [3.05, 3.63) is 23.8 Å². The second kappa shape index (κ2) is 6.06.